The number of hydrogen-bond donors (Lipinski definition) is 0. The van der Waals surface area contributed by atoms with Crippen molar-refractivity contribution in [2.24, 2.45) is 0 Å². The highest BCUT2D eigenvalue weighted by Gasteiger charge is 2.23. The number of hydrogen-bond acceptors (Lipinski definition) is 3. The van der Waals surface area contributed by atoms with Crippen molar-refractivity contribution in [3.05, 3.63) is 35.9 Å². The van der Waals surface area contributed by atoms with Crippen LogP contribution in [0.5, 0.6) is 0 Å². The van der Waals surface area contributed by atoms with E-state index in [4.69, 9.17) is 4.42 Å². The summed E-state index contributed by atoms with van der Waals surface area (Å²) in [6, 6.07) is 7.75. The molecule has 3 rings (SSSR count). The summed E-state index contributed by atoms with van der Waals surface area (Å²) in [5.41, 5.74) is 2.75. The lowest BCUT2D eigenvalue weighted by atomic mass is 10.1. The molecule has 0 fully saturated rings. The van der Waals surface area contributed by atoms with Gasteiger partial charge in [-0.25, -0.2) is 4.98 Å². The minimum atomic E-state index is 0.638. The summed E-state index contributed by atoms with van der Waals surface area (Å²) >= 11 is 0. The van der Waals surface area contributed by atoms with Crippen LogP contribution in [0.25, 0.3) is 11.3 Å². The van der Waals surface area contributed by atoms with Crippen LogP contribution >= 0.6 is 0 Å². The number of anilines is 1. The predicted octanol–water partition coefficient (Wildman–Crippen LogP) is 2.17. The van der Waals surface area contributed by atoms with E-state index in [0.29, 0.717) is 12.4 Å². The highest BCUT2D eigenvalue weighted by atomic mass is 16.4. The van der Waals surface area contributed by atoms with Gasteiger partial charge >= 0.3 is 0 Å². The Hall–Kier alpha value is -2.10. The molecule has 0 saturated heterocycles. The molecule has 1 aliphatic rings. The number of carbonyl (C=O) groups excluding carboxylic acids is 1. The van der Waals surface area contributed by atoms with Crippen molar-refractivity contribution in [3.63, 3.8) is 0 Å². The minimum Gasteiger partial charge on any atom is -0.441 e. The number of carbonyl (C=O) groups is 1. The molecule has 0 aliphatic carbocycles. The zero-order chi connectivity index (χ0) is 11.8. The van der Waals surface area contributed by atoms with E-state index in [1.807, 2.05) is 31.2 Å². The Morgan fingerprint density at radius 1 is 1.41 bits per heavy atom. The molecule has 86 valence electrons. The number of rotatable bonds is 1. The molecule has 0 spiro atoms. The highest BCUT2D eigenvalue weighted by molar-refractivity contribution is 5.87. The molecule has 4 heteroatoms. The molecule has 4 nitrogen and oxygen atoms in total. The number of aromatic nitrogens is 1. The average Bonchev–Trinajstić information content (AvgIpc) is 2.65. The first kappa shape index (κ1) is 10.1. The lowest BCUT2D eigenvalue weighted by Crippen LogP contribution is -2.23. The first-order valence-electron chi connectivity index (χ1n) is 5.57. The van der Waals surface area contributed by atoms with E-state index in [2.05, 4.69) is 4.98 Å². The van der Waals surface area contributed by atoms with Gasteiger partial charge in [0.05, 0.1) is 11.4 Å². The third kappa shape index (κ3) is 1.53. The van der Waals surface area contributed by atoms with Crippen LogP contribution in [0.2, 0.25) is 0 Å². The van der Waals surface area contributed by atoms with Gasteiger partial charge in [-0.1, -0.05) is 12.1 Å². The lowest BCUT2D eigenvalue weighted by Gasteiger charge is -2.16. The maximum absolute atomic E-state index is 11.1. The zero-order valence-electron chi connectivity index (χ0n) is 9.51. The Morgan fingerprint density at radius 3 is 3.06 bits per heavy atom. The highest BCUT2D eigenvalue weighted by Crippen LogP contribution is 2.35. The molecule has 2 heterocycles. The Kier molecular flexibility index (Phi) is 2.21. The van der Waals surface area contributed by atoms with Crippen LogP contribution in [0.4, 0.5) is 5.69 Å². The maximum atomic E-state index is 11.1. The molecule has 1 aromatic heterocycles. The first-order chi connectivity index (χ1) is 8.29. The summed E-state index contributed by atoms with van der Waals surface area (Å²) in [5, 5.41) is 0. The van der Waals surface area contributed by atoms with E-state index >= 15 is 0 Å². The van der Waals surface area contributed by atoms with Gasteiger partial charge in [0, 0.05) is 25.5 Å². The molecule has 0 bridgehead atoms. The number of amides is 1. The summed E-state index contributed by atoms with van der Waals surface area (Å²) < 4.78 is 5.65. The van der Waals surface area contributed by atoms with E-state index < -0.39 is 0 Å². The third-order valence-corrected chi connectivity index (χ3v) is 2.98. The van der Waals surface area contributed by atoms with Crippen molar-refractivity contribution in [2.75, 3.05) is 11.4 Å². The third-order valence-electron chi connectivity index (χ3n) is 2.98. The molecule has 1 amide bonds. The van der Waals surface area contributed by atoms with Gasteiger partial charge in [-0.15, -0.1) is 0 Å². The van der Waals surface area contributed by atoms with Crippen molar-refractivity contribution < 1.29 is 9.21 Å². The van der Waals surface area contributed by atoms with Crippen molar-refractivity contribution >= 4 is 12.1 Å². The van der Waals surface area contributed by atoms with E-state index in [1.165, 1.54) is 0 Å². The average molecular weight is 228 g/mol. The Morgan fingerprint density at radius 2 is 2.24 bits per heavy atom. The molecule has 1 aliphatic heterocycles. The van der Waals surface area contributed by atoms with Crippen LogP contribution in [0, 0.1) is 6.92 Å². The standard InChI is InChI=1S/C13H12N2O2/c1-9-14-11-6-7-15(8-16)12-5-3-2-4-10(12)13(11)17-9/h2-5,8H,6-7H2,1H3. The maximum Gasteiger partial charge on any atom is 0.214 e. The van der Waals surface area contributed by atoms with Crippen molar-refractivity contribution in [1.82, 2.24) is 4.98 Å². The van der Waals surface area contributed by atoms with Crippen molar-refractivity contribution in [1.29, 1.82) is 0 Å². The summed E-state index contributed by atoms with van der Waals surface area (Å²) in [5.74, 6) is 1.46. The lowest BCUT2D eigenvalue weighted by molar-refractivity contribution is -0.107. The van der Waals surface area contributed by atoms with Crippen LogP contribution in [-0.4, -0.2) is 17.9 Å². The van der Waals surface area contributed by atoms with E-state index in [9.17, 15) is 4.79 Å². The molecule has 0 saturated carbocycles. The topological polar surface area (TPSA) is 46.3 Å². The van der Waals surface area contributed by atoms with Crippen LogP contribution < -0.4 is 4.90 Å². The molecule has 2 aromatic rings. The smallest absolute Gasteiger partial charge is 0.214 e. The SMILES string of the molecule is Cc1nc2c(o1)-c1ccccc1N(C=O)CC2. The fourth-order valence-electron chi connectivity index (χ4n) is 2.22. The number of aryl methyl sites for hydroxylation is 1. The van der Waals surface area contributed by atoms with Gasteiger partial charge in [-0.05, 0) is 12.1 Å². The molecule has 0 unspecified atom stereocenters. The van der Waals surface area contributed by atoms with E-state index in [1.54, 1.807) is 4.90 Å². The van der Waals surface area contributed by atoms with E-state index in [-0.39, 0.29) is 0 Å². The fourth-order valence-corrected chi connectivity index (χ4v) is 2.22. The Labute approximate surface area is 98.9 Å². The molecule has 0 radical (unpaired) electrons. The summed E-state index contributed by atoms with van der Waals surface area (Å²) in [4.78, 5) is 17.2. The molecule has 1 aromatic carbocycles. The van der Waals surface area contributed by atoms with Crippen LogP contribution in [0.15, 0.2) is 28.7 Å². The Balaban J connectivity index is 2.25. The number of nitrogens with zero attached hydrogens (tertiary/aromatic N) is 2. The second-order valence-corrected chi connectivity index (χ2v) is 4.07. The van der Waals surface area contributed by atoms with Gasteiger partial charge in [0.1, 0.15) is 0 Å². The van der Waals surface area contributed by atoms with E-state index in [0.717, 1.165) is 35.5 Å². The van der Waals surface area contributed by atoms with Gasteiger partial charge in [0.2, 0.25) is 6.41 Å². The second-order valence-electron chi connectivity index (χ2n) is 4.07. The summed E-state index contributed by atoms with van der Waals surface area (Å²) in [6.45, 7) is 2.48. The number of fused-ring (bicyclic) bond motifs is 3. The molecular weight excluding hydrogens is 216 g/mol. The van der Waals surface area contributed by atoms with Gasteiger partial charge in [0.15, 0.2) is 11.7 Å². The van der Waals surface area contributed by atoms with Gasteiger partial charge in [0.25, 0.3) is 0 Å². The van der Waals surface area contributed by atoms with Crippen LogP contribution in [-0.2, 0) is 11.2 Å². The molecule has 0 N–H and O–H groups in total. The van der Waals surface area contributed by atoms with Crippen LogP contribution in [0.1, 0.15) is 11.6 Å². The zero-order valence-corrected chi connectivity index (χ0v) is 9.51. The number of para-hydroxylation sites is 1. The van der Waals surface area contributed by atoms with Crippen molar-refractivity contribution in [2.45, 2.75) is 13.3 Å². The predicted molar refractivity (Wildman–Crippen MR) is 63.8 cm³/mol. The van der Waals surface area contributed by atoms with Gasteiger partial charge < -0.3 is 9.32 Å². The Bertz CT molecular complexity index is 575. The molecular formula is C13H12N2O2. The number of oxazole rings is 1. The molecule has 0 atom stereocenters. The number of benzene rings is 1. The van der Waals surface area contributed by atoms with Crippen LogP contribution in [0.3, 0.4) is 0 Å². The normalized spacial score (nSPS) is 13.8. The van der Waals surface area contributed by atoms with Crippen molar-refractivity contribution in [3.8, 4) is 11.3 Å². The second kappa shape index (κ2) is 3.73. The quantitative estimate of drug-likeness (QED) is 0.703. The van der Waals surface area contributed by atoms with Gasteiger partial charge in [-0.3, -0.25) is 4.79 Å². The summed E-state index contributed by atoms with van der Waals surface area (Å²) in [7, 11) is 0. The summed E-state index contributed by atoms with van der Waals surface area (Å²) in [6.07, 6.45) is 1.58. The minimum absolute atomic E-state index is 0.638. The fraction of sp³-hybridized carbons (Fsp3) is 0.231. The monoisotopic (exact) mass is 228 g/mol. The largest absolute Gasteiger partial charge is 0.441 e. The first-order valence-corrected chi connectivity index (χ1v) is 5.57. The molecule has 17 heavy (non-hydrogen) atoms. The van der Waals surface area contributed by atoms with Gasteiger partial charge in [-0.2, -0.15) is 0 Å².